The molecule has 0 atom stereocenters. The third-order valence-corrected chi connectivity index (χ3v) is 2.99. The van der Waals surface area contributed by atoms with Gasteiger partial charge in [0.25, 0.3) is 0 Å². The molecule has 1 aromatic carbocycles. The molecular weight excluding hydrogens is 228 g/mol. The number of benzene rings is 1. The Kier molecular flexibility index (Phi) is 5.65. The normalized spacial score (nSPS) is 10.4. The van der Waals surface area contributed by atoms with E-state index in [2.05, 4.69) is 6.92 Å². The lowest BCUT2D eigenvalue weighted by Crippen LogP contribution is -2.34. The van der Waals surface area contributed by atoms with Crippen LogP contribution in [0.3, 0.4) is 0 Å². The largest absolute Gasteiger partial charge is 0.392 e. The van der Waals surface area contributed by atoms with Crippen molar-refractivity contribution in [1.29, 1.82) is 0 Å². The first-order valence-electron chi connectivity index (χ1n) is 6.32. The van der Waals surface area contributed by atoms with Gasteiger partial charge >= 0.3 is 0 Å². The van der Waals surface area contributed by atoms with Crippen LogP contribution in [0.5, 0.6) is 0 Å². The highest BCUT2D eigenvalue weighted by molar-refractivity contribution is 5.79. The van der Waals surface area contributed by atoms with Gasteiger partial charge in [0.15, 0.2) is 0 Å². The molecule has 4 nitrogen and oxygen atoms in total. The zero-order valence-corrected chi connectivity index (χ0v) is 11.1. The number of rotatable bonds is 7. The summed E-state index contributed by atoms with van der Waals surface area (Å²) in [6, 6.07) is 5.81. The highest BCUT2D eigenvalue weighted by Crippen LogP contribution is 2.19. The number of primary amides is 1. The quantitative estimate of drug-likeness (QED) is 0.772. The van der Waals surface area contributed by atoms with E-state index in [9.17, 15) is 4.79 Å². The molecular formula is C14H22N2O2. The second-order valence-electron chi connectivity index (χ2n) is 4.51. The molecule has 0 unspecified atom stereocenters. The minimum Gasteiger partial charge on any atom is -0.392 e. The maximum atomic E-state index is 11.1. The second kappa shape index (κ2) is 7.01. The Morgan fingerprint density at radius 1 is 1.44 bits per heavy atom. The van der Waals surface area contributed by atoms with E-state index < -0.39 is 0 Å². The number of aliphatic hydroxyl groups excluding tert-OH is 1. The lowest BCUT2D eigenvalue weighted by atomic mass is 10.1. The highest BCUT2D eigenvalue weighted by Gasteiger charge is 2.10. The number of unbranched alkanes of at least 4 members (excludes halogenated alkanes) is 1. The van der Waals surface area contributed by atoms with Crippen molar-refractivity contribution in [3.63, 3.8) is 0 Å². The number of hydrogen-bond acceptors (Lipinski definition) is 3. The first-order chi connectivity index (χ1) is 8.58. The number of nitrogens with two attached hydrogens (primary N) is 1. The van der Waals surface area contributed by atoms with Gasteiger partial charge in [-0.05, 0) is 36.6 Å². The Labute approximate surface area is 108 Å². The molecule has 0 fully saturated rings. The molecule has 1 aromatic rings. The van der Waals surface area contributed by atoms with E-state index in [1.807, 2.05) is 30.0 Å². The maximum Gasteiger partial charge on any atom is 0.236 e. The van der Waals surface area contributed by atoms with Gasteiger partial charge in [-0.2, -0.15) is 0 Å². The van der Waals surface area contributed by atoms with Crippen LogP contribution < -0.4 is 10.6 Å². The highest BCUT2D eigenvalue weighted by atomic mass is 16.3. The molecule has 1 amide bonds. The van der Waals surface area contributed by atoms with Crippen molar-refractivity contribution in [3.05, 3.63) is 29.3 Å². The van der Waals surface area contributed by atoms with Gasteiger partial charge in [0.05, 0.1) is 13.2 Å². The summed E-state index contributed by atoms with van der Waals surface area (Å²) in [6.45, 7) is 5.16. The summed E-state index contributed by atoms with van der Waals surface area (Å²) >= 11 is 0. The fraction of sp³-hybridized carbons (Fsp3) is 0.500. The van der Waals surface area contributed by atoms with Crippen LogP contribution in [0.15, 0.2) is 18.2 Å². The topological polar surface area (TPSA) is 66.6 Å². The predicted molar refractivity (Wildman–Crippen MR) is 73.4 cm³/mol. The minimum atomic E-state index is -0.324. The van der Waals surface area contributed by atoms with Gasteiger partial charge < -0.3 is 15.7 Å². The number of anilines is 1. The van der Waals surface area contributed by atoms with Gasteiger partial charge in [0, 0.05) is 12.2 Å². The molecule has 0 aliphatic heterocycles. The third-order valence-electron chi connectivity index (χ3n) is 2.99. The lowest BCUT2D eigenvalue weighted by molar-refractivity contribution is -0.116. The molecule has 0 saturated carbocycles. The van der Waals surface area contributed by atoms with Crippen molar-refractivity contribution in [2.75, 3.05) is 18.0 Å². The van der Waals surface area contributed by atoms with E-state index in [1.165, 1.54) is 0 Å². The van der Waals surface area contributed by atoms with Gasteiger partial charge in [-0.25, -0.2) is 0 Å². The van der Waals surface area contributed by atoms with Crippen LogP contribution >= 0.6 is 0 Å². The van der Waals surface area contributed by atoms with Crippen LogP contribution in [-0.2, 0) is 11.4 Å². The minimum absolute atomic E-state index is 0.0386. The van der Waals surface area contributed by atoms with Crippen molar-refractivity contribution < 1.29 is 9.90 Å². The van der Waals surface area contributed by atoms with Crippen molar-refractivity contribution in [3.8, 4) is 0 Å². The van der Waals surface area contributed by atoms with Crippen LogP contribution in [0.4, 0.5) is 5.69 Å². The first kappa shape index (κ1) is 14.5. The van der Waals surface area contributed by atoms with Gasteiger partial charge in [0.2, 0.25) is 5.91 Å². The number of aliphatic hydroxyl groups is 1. The summed E-state index contributed by atoms with van der Waals surface area (Å²) in [6.07, 6.45) is 2.09. The lowest BCUT2D eigenvalue weighted by Gasteiger charge is -2.24. The van der Waals surface area contributed by atoms with E-state index in [-0.39, 0.29) is 19.1 Å². The zero-order valence-electron chi connectivity index (χ0n) is 11.1. The number of amides is 1. The Morgan fingerprint density at radius 2 is 2.17 bits per heavy atom. The molecule has 1 rings (SSSR count). The summed E-state index contributed by atoms with van der Waals surface area (Å²) in [5, 5.41) is 9.15. The van der Waals surface area contributed by atoms with E-state index in [1.54, 1.807) is 0 Å². The van der Waals surface area contributed by atoms with Gasteiger partial charge in [-0.3, -0.25) is 4.79 Å². The van der Waals surface area contributed by atoms with Crippen LogP contribution in [-0.4, -0.2) is 24.1 Å². The van der Waals surface area contributed by atoms with Gasteiger partial charge in [-0.1, -0.05) is 19.4 Å². The first-order valence-corrected chi connectivity index (χ1v) is 6.32. The Balaban J connectivity index is 2.89. The summed E-state index contributed by atoms with van der Waals surface area (Å²) < 4.78 is 0. The monoisotopic (exact) mass is 250 g/mol. The molecule has 18 heavy (non-hydrogen) atoms. The van der Waals surface area contributed by atoms with Crippen LogP contribution in [0.2, 0.25) is 0 Å². The number of carbonyl (C=O) groups excluding carboxylic acids is 1. The van der Waals surface area contributed by atoms with Crippen molar-refractivity contribution in [1.82, 2.24) is 0 Å². The van der Waals surface area contributed by atoms with Gasteiger partial charge in [0.1, 0.15) is 0 Å². The Bertz CT molecular complexity index is 405. The average molecular weight is 250 g/mol. The average Bonchev–Trinajstić information content (AvgIpc) is 2.34. The number of carbonyl (C=O) groups is 1. The van der Waals surface area contributed by atoms with Crippen molar-refractivity contribution >= 4 is 11.6 Å². The predicted octanol–water partition coefficient (Wildman–Crippen LogP) is 1.58. The molecule has 100 valence electrons. The molecule has 0 aromatic heterocycles. The summed E-state index contributed by atoms with van der Waals surface area (Å²) in [7, 11) is 0. The molecule has 0 radical (unpaired) electrons. The molecule has 0 aliphatic carbocycles. The third kappa shape index (κ3) is 4.04. The standard InChI is InChI=1S/C14H22N2O2/c1-3-4-7-16(9-14(15)18)13-6-5-12(10-17)11(2)8-13/h5-6,8,17H,3-4,7,9-10H2,1-2H3,(H2,15,18). The van der Waals surface area contributed by atoms with Crippen molar-refractivity contribution in [2.24, 2.45) is 5.73 Å². The summed E-state index contributed by atoms with van der Waals surface area (Å²) in [5.74, 6) is -0.324. The van der Waals surface area contributed by atoms with Crippen LogP contribution in [0, 0.1) is 6.92 Å². The zero-order chi connectivity index (χ0) is 13.5. The van der Waals surface area contributed by atoms with E-state index in [4.69, 9.17) is 10.8 Å². The smallest absolute Gasteiger partial charge is 0.236 e. The summed E-state index contributed by atoms with van der Waals surface area (Å²) in [4.78, 5) is 13.1. The fourth-order valence-electron chi connectivity index (χ4n) is 1.89. The molecule has 4 heteroatoms. The summed E-state index contributed by atoms with van der Waals surface area (Å²) in [5.41, 5.74) is 8.20. The molecule has 0 spiro atoms. The molecule has 3 N–H and O–H groups in total. The Morgan fingerprint density at radius 3 is 2.67 bits per heavy atom. The number of aryl methyl sites for hydroxylation is 1. The van der Waals surface area contributed by atoms with Gasteiger partial charge in [-0.15, -0.1) is 0 Å². The maximum absolute atomic E-state index is 11.1. The SMILES string of the molecule is CCCCN(CC(N)=O)c1ccc(CO)c(C)c1. The second-order valence-corrected chi connectivity index (χ2v) is 4.51. The van der Waals surface area contributed by atoms with E-state index in [0.717, 1.165) is 36.2 Å². The molecule has 0 bridgehead atoms. The molecule has 0 saturated heterocycles. The number of nitrogens with zero attached hydrogens (tertiary/aromatic N) is 1. The van der Waals surface area contributed by atoms with E-state index >= 15 is 0 Å². The fourth-order valence-corrected chi connectivity index (χ4v) is 1.89. The molecule has 0 heterocycles. The molecule has 0 aliphatic rings. The van der Waals surface area contributed by atoms with E-state index in [0.29, 0.717) is 0 Å². The van der Waals surface area contributed by atoms with Crippen LogP contribution in [0.25, 0.3) is 0 Å². The van der Waals surface area contributed by atoms with Crippen LogP contribution in [0.1, 0.15) is 30.9 Å². The van der Waals surface area contributed by atoms with Crippen molar-refractivity contribution in [2.45, 2.75) is 33.3 Å². The number of hydrogen-bond donors (Lipinski definition) is 2. The Hall–Kier alpha value is -1.55.